The summed E-state index contributed by atoms with van der Waals surface area (Å²) in [6, 6.07) is 0. The molecule has 0 saturated carbocycles. The molecule has 2 aliphatic rings. The summed E-state index contributed by atoms with van der Waals surface area (Å²) in [5.41, 5.74) is 8.54. The number of nitrogens with zero attached hydrogens (tertiary/aromatic N) is 1. The number of nitrogens with two attached hydrogens (primary N) is 1. The first-order valence-electron chi connectivity index (χ1n) is 4.40. The highest BCUT2D eigenvalue weighted by molar-refractivity contribution is 14.0. The molecule has 0 atom stereocenters. The molecule has 2 N–H and O–H groups in total. The summed E-state index contributed by atoms with van der Waals surface area (Å²) in [6.07, 6.45) is 7.25. The van der Waals surface area contributed by atoms with Crippen LogP contribution in [-0.2, 0) is 0 Å². The van der Waals surface area contributed by atoms with E-state index in [4.69, 9.17) is 5.73 Å². The summed E-state index contributed by atoms with van der Waals surface area (Å²) in [5.74, 6) is 0.839. The van der Waals surface area contributed by atoms with Gasteiger partial charge in [0, 0.05) is 12.1 Å². The van der Waals surface area contributed by atoms with Crippen LogP contribution in [0.1, 0.15) is 38.5 Å². The van der Waals surface area contributed by atoms with Crippen molar-refractivity contribution in [3.8, 4) is 0 Å². The summed E-state index contributed by atoms with van der Waals surface area (Å²) in [5, 5.41) is 0. The van der Waals surface area contributed by atoms with E-state index in [2.05, 4.69) is 4.99 Å². The molecule has 1 aliphatic carbocycles. The number of hydrogen-bond donors (Lipinski definition) is 1. The van der Waals surface area contributed by atoms with Crippen LogP contribution in [0.3, 0.4) is 0 Å². The molecule has 0 aromatic carbocycles. The van der Waals surface area contributed by atoms with Crippen LogP contribution < -0.4 is 5.73 Å². The Labute approximate surface area is 90.3 Å². The maximum absolute atomic E-state index is 5.66. The van der Waals surface area contributed by atoms with Crippen LogP contribution >= 0.6 is 24.0 Å². The molecule has 0 spiro atoms. The molecule has 0 amide bonds. The van der Waals surface area contributed by atoms with E-state index < -0.39 is 0 Å². The van der Waals surface area contributed by atoms with Crippen LogP contribution in [0.4, 0.5) is 0 Å². The van der Waals surface area contributed by atoms with E-state index in [1.165, 1.54) is 31.4 Å². The normalized spacial score (nSPS) is 22.5. The highest BCUT2D eigenvalue weighted by Crippen LogP contribution is 2.31. The lowest BCUT2D eigenvalue weighted by molar-refractivity contribution is 0.636. The van der Waals surface area contributed by atoms with Gasteiger partial charge in [0.1, 0.15) is 0 Å². The molecule has 12 heavy (non-hydrogen) atoms. The van der Waals surface area contributed by atoms with Crippen LogP contribution in [0, 0.1) is 0 Å². The molecule has 0 aromatic rings. The smallest absolute Gasteiger partial charge is 0.0995 e. The Balaban J connectivity index is 0.000000720. The molecule has 0 fully saturated rings. The first-order chi connectivity index (χ1) is 5.36. The van der Waals surface area contributed by atoms with Crippen molar-refractivity contribution in [2.75, 3.05) is 0 Å². The molecule has 0 unspecified atom stereocenters. The van der Waals surface area contributed by atoms with Gasteiger partial charge in [0.25, 0.3) is 0 Å². The Kier molecular flexibility index (Phi) is 3.55. The van der Waals surface area contributed by atoms with Crippen molar-refractivity contribution in [1.29, 1.82) is 0 Å². The first-order valence-corrected chi connectivity index (χ1v) is 4.40. The summed E-state index contributed by atoms with van der Waals surface area (Å²) in [4.78, 5) is 4.38. The molecule has 1 heterocycles. The van der Waals surface area contributed by atoms with E-state index in [9.17, 15) is 0 Å². The predicted octanol–water partition coefficient (Wildman–Crippen LogP) is 2.58. The van der Waals surface area contributed by atoms with E-state index in [1.54, 1.807) is 5.57 Å². The van der Waals surface area contributed by atoms with Gasteiger partial charge < -0.3 is 5.73 Å². The molecular formula is C9H15IN2. The van der Waals surface area contributed by atoms with Crippen molar-refractivity contribution in [2.24, 2.45) is 10.7 Å². The third-order valence-corrected chi connectivity index (χ3v) is 2.51. The summed E-state index contributed by atoms with van der Waals surface area (Å²) < 4.78 is 0. The minimum atomic E-state index is 0. The van der Waals surface area contributed by atoms with Crippen molar-refractivity contribution in [3.05, 3.63) is 11.3 Å². The van der Waals surface area contributed by atoms with Crippen molar-refractivity contribution >= 4 is 29.8 Å². The number of halogens is 1. The second-order valence-corrected chi connectivity index (χ2v) is 3.36. The molecule has 2 nitrogen and oxygen atoms in total. The monoisotopic (exact) mass is 278 g/mol. The predicted molar refractivity (Wildman–Crippen MR) is 61.8 cm³/mol. The van der Waals surface area contributed by atoms with E-state index in [0.717, 1.165) is 18.7 Å². The van der Waals surface area contributed by atoms with Gasteiger partial charge in [-0.25, -0.2) is 4.99 Å². The van der Waals surface area contributed by atoms with Crippen LogP contribution in [-0.4, -0.2) is 5.84 Å². The Morgan fingerprint density at radius 3 is 2.58 bits per heavy atom. The largest absolute Gasteiger partial charge is 0.387 e. The fourth-order valence-electron chi connectivity index (χ4n) is 1.86. The van der Waals surface area contributed by atoms with Gasteiger partial charge in [0.15, 0.2) is 0 Å². The van der Waals surface area contributed by atoms with Gasteiger partial charge in [0.05, 0.1) is 5.84 Å². The van der Waals surface area contributed by atoms with Crippen LogP contribution in [0.2, 0.25) is 0 Å². The summed E-state index contributed by atoms with van der Waals surface area (Å²) in [6.45, 7) is 0. The molecule has 2 rings (SSSR count). The van der Waals surface area contributed by atoms with Crippen LogP contribution in [0.15, 0.2) is 16.3 Å². The zero-order valence-corrected chi connectivity index (χ0v) is 9.51. The second-order valence-electron chi connectivity index (χ2n) is 3.36. The van der Waals surface area contributed by atoms with Crippen molar-refractivity contribution < 1.29 is 0 Å². The lowest BCUT2D eigenvalue weighted by Gasteiger charge is -2.21. The quantitative estimate of drug-likeness (QED) is 0.679. The molecular weight excluding hydrogens is 263 g/mol. The standard InChI is InChI=1S/C9H14N2.HI/c10-9-6-5-7-3-1-2-4-8(7)11-9;/h1-6H2,(H2,10,11);1H. The van der Waals surface area contributed by atoms with E-state index in [-0.39, 0.29) is 24.0 Å². The van der Waals surface area contributed by atoms with Gasteiger partial charge in [-0.1, -0.05) is 0 Å². The zero-order chi connectivity index (χ0) is 7.68. The van der Waals surface area contributed by atoms with Crippen LogP contribution in [0.25, 0.3) is 0 Å². The molecule has 0 bridgehead atoms. The van der Waals surface area contributed by atoms with Crippen molar-refractivity contribution in [1.82, 2.24) is 0 Å². The lowest BCUT2D eigenvalue weighted by Crippen LogP contribution is -2.17. The Hall–Kier alpha value is -0.0600. The molecule has 0 radical (unpaired) electrons. The average Bonchev–Trinajstić information content (AvgIpc) is 2.04. The molecule has 0 saturated heterocycles. The van der Waals surface area contributed by atoms with E-state index in [0.29, 0.717) is 0 Å². The summed E-state index contributed by atoms with van der Waals surface area (Å²) >= 11 is 0. The topological polar surface area (TPSA) is 38.4 Å². The minimum Gasteiger partial charge on any atom is -0.387 e. The maximum atomic E-state index is 5.66. The Morgan fingerprint density at radius 2 is 1.75 bits per heavy atom. The highest BCUT2D eigenvalue weighted by Gasteiger charge is 2.16. The maximum Gasteiger partial charge on any atom is 0.0995 e. The van der Waals surface area contributed by atoms with Crippen molar-refractivity contribution in [2.45, 2.75) is 38.5 Å². The number of allylic oxidation sites excluding steroid dienone is 2. The third kappa shape index (κ3) is 2.00. The number of amidine groups is 1. The van der Waals surface area contributed by atoms with Gasteiger partial charge in [0.2, 0.25) is 0 Å². The van der Waals surface area contributed by atoms with E-state index in [1.807, 2.05) is 0 Å². The fourth-order valence-corrected chi connectivity index (χ4v) is 1.86. The van der Waals surface area contributed by atoms with Gasteiger partial charge in [-0.05, 0) is 37.7 Å². The second kappa shape index (κ2) is 4.25. The summed E-state index contributed by atoms with van der Waals surface area (Å²) in [7, 11) is 0. The lowest BCUT2D eigenvalue weighted by atomic mass is 9.91. The average molecular weight is 278 g/mol. The molecule has 1 aliphatic heterocycles. The molecule has 68 valence electrons. The zero-order valence-electron chi connectivity index (χ0n) is 7.18. The minimum absolute atomic E-state index is 0. The number of rotatable bonds is 0. The Morgan fingerprint density at radius 1 is 1.00 bits per heavy atom. The fraction of sp³-hybridized carbons (Fsp3) is 0.667. The van der Waals surface area contributed by atoms with Crippen molar-refractivity contribution in [3.63, 3.8) is 0 Å². The number of hydrogen-bond acceptors (Lipinski definition) is 2. The SMILES string of the molecule is I.NC1=NC2=C(CCCC2)CC1. The molecule has 0 aromatic heterocycles. The van der Waals surface area contributed by atoms with Crippen LogP contribution in [0.5, 0.6) is 0 Å². The van der Waals surface area contributed by atoms with Gasteiger partial charge >= 0.3 is 0 Å². The van der Waals surface area contributed by atoms with Gasteiger partial charge in [-0.3, -0.25) is 0 Å². The number of aliphatic imine (C=N–C) groups is 1. The van der Waals surface area contributed by atoms with Gasteiger partial charge in [-0.2, -0.15) is 0 Å². The third-order valence-electron chi connectivity index (χ3n) is 2.51. The molecule has 3 heteroatoms. The van der Waals surface area contributed by atoms with Gasteiger partial charge in [-0.15, -0.1) is 24.0 Å². The highest BCUT2D eigenvalue weighted by atomic mass is 127. The van der Waals surface area contributed by atoms with E-state index >= 15 is 0 Å². The first kappa shape index (κ1) is 10.0. The Bertz CT molecular complexity index is 231.